The highest BCUT2D eigenvalue weighted by Gasteiger charge is 2.29. The minimum absolute atomic E-state index is 0.0803. The first-order valence-electron chi connectivity index (χ1n) is 6.63. The monoisotopic (exact) mass is 287 g/mol. The first-order chi connectivity index (χ1) is 8.92. The third kappa shape index (κ3) is 4.44. The second-order valence-corrected chi connectivity index (χ2v) is 5.61. The van der Waals surface area contributed by atoms with Gasteiger partial charge in [-0.25, -0.2) is 4.39 Å². The largest absolute Gasteiger partial charge is 0.377 e. The fourth-order valence-corrected chi connectivity index (χ4v) is 2.15. The molecule has 0 heterocycles. The molecule has 0 saturated heterocycles. The molecule has 0 aliphatic carbocycles. The van der Waals surface area contributed by atoms with Crippen molar-refractivity contribution in [2.75, 3.05) is 13.7 Å². The van der Waals surface area contributed by atoms with Crippen molar-refractivity contribution in [3.05, 3.63) is 34.6 Å². The molecule has 0 aliphatic rings. The van der Waals surface area contributed by atoms with Gasteiger partial charge in [0, 0.05) is 13.2 Å². The fourth-order valence-electron chi connectivity index (χ4n) is 1.95. The summed E-state index contributed by atoms with van der Waals surface area (Å²) < 4.78 is 19.0. The van der Waals surface area contributed by atoms with Crippen molar-refractivity contribution in [1.82, 2.24) is 5.32 Å². The zero-order chi connectivity index (χ0) is 14.5. The second kappa shape index (κ2) is 7.22. The summed E-state index contributed by atoms with van der Waals surface area (Å²) in [4.78, 5) is 0. The fraction of sp³-hybridized carbons (Fsp3) is 0.600. The van der Waals surface area contributed by atoms with Crippen LogP contribution in [0.15, 0.2) is 18.2 Å². The predicted molar refractivity (Wildman–Crippen MR) is 78.3 cm³/mol. The van der Waals surface area contributed by atoms with Crippen molar-refractivity contribution in [3.63, 3.8) is 0 Å². The molecule has 1 N–H and O–H groups in total. The molecular weight excluding hydrogens is 265 g/mol. The zero-order valence-corrected chi connectivity index (χ0v) is 12.9. The van der Waals surface area contributed by atoms with E-state index in [1.165, 1.54) is 6.07 Å². The molecule has 1 aromatic rings. The van der Waals surface area contributed by atoms with Crippen molar-refractivity contribution in [3.8, 4) is 0 Å². The van der Waals surface area contributed by atoms with E-state index in [1.807, 2.05) is 19.9 Å². The highest BCUT2D eigenvalue weighted by Crippen LogP contribution is 2.24. The lowest BCUT2D eigenvalue weighted by atomic mass is 9.92. The van der Waals surface area contributed by atoms with Crippen molar-refractivity contribution >= 4 is 11.6 Å². The Morgan fingerprint density at radius 1 is 1.42 bits per heavy atom. The van der Waals surface area contributed by atoms with Gasteiger partial charge in [-0.1, -0.05) is 30.7 Å². The first-order valence-corrected chi connectivity index (χ1v) is 7.01. The van der Waals surface area contributed by atoms with Gasteiger partial charge in [-0.05, 0) is 44.9 Å². The maximum Gasteiger partial charge on any atom is 0.142 e. The Morgan fingerprint density at radius 2 is 2.11 bits per heavy atom. The molecule has 2 nitrogen and oxygen atoms in total. The Morgan fingerprint density at radius 3 is 2.68 bits per heavy atom. The van der Waals surface area contributed by atoms with Gasteiger partial charge in [0.05, 0.1) is 10.6 Å². The van der Waals surface area contributed by atoms with E-state index in [1.54, 1.807) is 13.2 Å². The number of ether oxygens (including phenoxy) is 1. The Labute approximate surface area is 120 Å². The standard InChI is InChI=1S/C15H23ClFNO/c1-5-9-18-13(15(2,3)19-4)10-11-7-6-8-12(17)14(11)16/h6-8,13,18H,5,9-10H2,1-4H3. The summed E-state index contributed by atoms with van der Waals surface area (Å²) in [6.07, 6.45) is 1.67. The van der Waals surface area contributed by atoms with Gasteiger partial charge in [0.15, 0.2) is 0 Å². The molecule has 1 aromatic carbocycles. The smallest absolute Gasteiger partial charge is 0.142 e. The summed E-state index contributed by atoms with van der Waals surface area (Å²) in [6.45, 7) is 7.05. The molecule has 0 aliphatic heterocycles. The number of halogens is 2. The molecule has 1 atom stereocenters. The van der Waals surface area contributed by atoms with Crippen LogP contribution in [0.5, 0.6) is 0 Å². The molecule has 0 amide bonds. The Balaban J connectivity index is 2.91. The molecule has 0 radical (unpaired) electrons. The van der Waals surface area contributed by atoms with Crippen LogP contribution in [0.3, 0.4) is 0 Å². The van der Waals surface area contributed by atoms with Crippen LogP contribution in [-0.4, -0.2) is 25.3 Å². The van der Waals surface area contributed by atoms with Gasteiger partial charge in [-0.3, -0.25) is 0 Å². The Hall–Kier alpha value is -0.640. The lowest BCUT2D eigenvalue weighted by molar-refractivity contribution is -0.00998. The number of hydrogen-bond donors (Lipinski definition) is 1. The molecular formula is C15H23ClFNO. The third-order valence-electron chi connectivity index (χ3n) is 3.46. The van der Waals surface area contributed by atoms with E-state index < -0.39 is 0 Å². The first kappa shape index (κ1) is 16.4. The lowest BCUT2D eigenvalue weighted by Crippen LogP contribution is -2.49. The van der Waals surface area contributed by atoms with E-state index in [4.69, 9.17) is 16.3 Å². The minimum Gasteiger partial charge on any atom is -0.377 e. The van der Waals surface area contributed by atoms with Crippen molar-refractivity contribution in [2.45, 2.75) is 45.3 Å². The summed E-state index contributed by atoms with van der Waals surface area (Å²) in [7, 11) is 1.69. The van der Waals surface area contributed by atoms with Gasteiger partial charge in [-0.15, -0.1) is 0 Å². The summed E-state index contributed by atoms with van der Waals surface area (Å²) in [5.41, 5.74) is 0.463. The molecule has 0 fully saturated rings. The highest BCUT2D eigenvalue weighted by atomic mass is 35.5. The molecule has 4 heteroatoms. The van der Waals surface area contributed by atoms with Gasteiger partial charge in [-0.2, -0.15) is 0 Å². The maximum atomic E-state index is 13.5. The van der Waals surface area contributed by atoms with E-state index in [9.17, 15) is 4.39 Å². The van der Waals surface area contributed by atoms with E-state index in [-0.39, 0.29) is 22.5 Å². The Bertz CT molecular complexity index is 409. The number of benzene rings is 1. The number of methoxy groups -OCH3 is 1. The van der Waals surface area contributed by atoms with Crippen molar-refractivity contribution in [1.29, 1.82) is 0 Å². The van der Waals surface area contributed by atoms with Crippen LogP contribution in [0.2, 0.25) is 5.02 Å². The second-order valence-electron chi connectivity index (χ2n) is 5.23. The number of hydrogen-bond acceptors (Lipinski definition) is 2. The molecule has 108 valence electrons. The van der Waals surface area contributed by atoms with Crippen molar-refractivity contribution in [2.24, 2.45) is 0 Å². The van der Waals surface area contributed by atoms with Crippen LogP contribution >= 0.6 is 11.6 Å². The molecule has 1 rings (SSSR count). The summed E-state index contributed by atoms with van der Waals surface area (Å²) >= 11 is 6.02. The van der Waals surface area contributed by atoms with E-state index in [2.05, 4.69) is 12.2 Å². The molecule has 0 spiro atoms. The number of rotatable bonds is 7. The van der Waals surface area contributed by atoms with Gasteiger partial charge in [0.1, 0.15) is 5.82 Å². The summed E-state index contributed by atoms with van der Waals surface area (Å²) in [5.74, 6) is -0.372. The van der Waals surface area contributed by atoms with Gasteiger partial charge >= 0.3 is 0 Å². The van der Waals surface area contributed by atoms with E-state index >= 15 is 0 Å². The Kier molecular flexibility index (Phi) is 6.24. The quantitative estimate of drug-likeness (QED) is 0.823. The topological polar surface area (TPSA) is 21.3 Å². The average Bonchev–Trinajstić information content (AvgIpc) is 2.39. The normalized spacial score (nSPS) is 13.6. The molecule has 0 bridgehead atoms. The zero-order valence-electron chi connectivity index (χ0n) is 12.1. The van der Waals surface area contributed by atoms with Gasteiger partial charge in [0.2, 0.25) is 0 Å². The maximum absolute atomic E-state index is 13.5. The number of nitrogens with one attached hydrogen (secondary N) is 1. The molecule has 19 heavy (non-hydrogen) atoms. The van der Waals surface area contributed by atoms with Crippen LogP contribution in [0.25, 0.3) is 0 Å². The van der Waals surface area contributed by atoms with Gasteiger partial charge < -0.3 is 10.1 Å². The minimum atomic E-state index is -0.372. The summed E-state index contributed by atoms with van der Waals surface area (Å²) in [5, 5.41) is 3.66. The molecule has 0 saturated carbocycles. The van der Waals surface area contributed by atoms with Crippen LogP contribution in [0.4, 0.5) is 4.39 Å². The predicted octanol–water partition coefficient (Wildman–Crippen LogP) is 3.81. The van der Waals surface area contributed by atoms with Gasteiger partial charge in [0.25, 0.3) is 0 Å². The average molecular weight is 288 g/mol. The lowest BCUT2D eigenvalue weighted by Gasteiger charge is -2.34. The van der Waals surface area contributed by atoms with E-state index in [0.29, 0.717) is 6.42 Å². The molecule has 1 unspecified atom stereocenters. The SMILES string of the molecule is CCCNC(Cc1cccc(F)c1Cl)C(C)(C)OC. The third-order valence-corrected chi connectivity index (χ3v) is 3.88. The highest BCUT2D eigenvalue weighted by molar-refractivity contribution is 6.31. The van der Waals surface area contributed by atoms with E-state index in [0.717, 1.165) is 18.5 Å². The van der Waals surface area contributed by atoms with Crippen LogP contribution in [-0.2, 0) is 11.2 Å². The van der Waals surface area contributed by atoms with Crippen LogP contribution in [0.1, 0.15) is 32.8 Å². The van der Waals surface area contributed by atoms with Crippen molar-refractivity contribution < 1.29 is 9.13 Å². The van der Waals surface area contributed by atoms with Crippen LogP contribution in [0, 0.1) is 5.82 Å². The molecule has 0 aromatic heterocycles. The summed E-state index contributed by atoms with van der Waals surface area (Å²) in [6, 6.07) is 5.00. The van der Waals surface area contributed by atoms with Crippen LogP contribution < -0.4 is 5.32 Å².